The molecule has 3 N–H and O–H groups in total. The van der Waals surface area contributed by atoms with Crippen molar-refractivity contribution in [3.8, 4) is 11.3 Å². The van der Waals surface area contributed by atoms with Crippen LogP contribution in [-0.2, 0) is 10.0 Å². The molecule has 0 spiro atoms. The Morgan fingerprint density at radius 3 is 2.54 bits per heavy atom. The molecule has 4 rings (SSSR count). The van der Waals surface area contributed by atoms with E-state index in [1.807, 2.05) is 47.9 Å². The average molecular weight is 412 g/mol. The maximum absolute atomic E-state index is 11.3. The fourth-order valence-corrected chi connectivity index (χ4v) is 4.14. The first-order valence-corrected chi connectivity index (χ1v) is 10.7. The number of sulfonamides is 1. The van der Waals surface area contributed by atoms with Crippen LogP contribution in [0, 0.1) is 6.92 Å². The van der Waals surface area contributed by atoms with Crippen molar-refractivity contribution in [3.63, 3.8) is 0 Å². The number of aryl methyl sites for hydroxylation is 1. The minimum Gasteiger partial charge on any atom is -0.288 e. The number of primary sulfonamides is 1. The Morgan fingerprint density at radius 1 is 1.14 bits per heavy atom. The van der Waals surface area contributed by atoms with E-state index in [4.69, 9.17) is 10.1 Å². The van der Waals surface area contributed by atoms with Crippen molar-refractivity contribution < 1.29 is 8.42 Å². The summed E-state index contributed by atoms with van der Waals surface area (Å²) in [5.41, 5.74) is 6.27. The van der Waals surface area contributed by atoms with E-state index < -0.39 is 10.0 Å². The van der Waals surface area contributed by atoms with Crippen molar-refractivity contribution >= 4 is 38.2 Å². The van der Waals surface area contributed by atoms with Gasteiger partial charge in [0.15, 0.2) is 4.96 Å². The van der Waals surface area contributed by atoms with Crippen LogP contribution < -0.4 is 10.6 Å². The van der Waals surface area contributed by atoms with Crippen LogP contribution in [0.25, 0.3) is 16.2 Å². The lowest BCUT2D eigenvalue weighted by Gasteiger charge is -2.03. The van der Waals surface area contributed by atoms with E-state index in [1.54, 1.807) is 29.7 Å². The first kappa shape index (κ1) is 18.4. The fraction of sp³-hybridized carbons (Fsp3) is 0.0526. The number of fused-ring (bicyclic) bond motifs is 1. The highest BCUT2D eigenvalue weighted by Gasteiger charge is 2.14. The van der Waals surface area contributed by atoms with Crippen LogP contribution >= 0.6 is 11.3 Å². The van der Waals surface area contributed by atoms with Gasteiger partial charge in [0.1, 0.15) is 0 Å². The second-order valence-electron chi connectivity index (χ2n) is 6.15. The molecule has 2 aromatic heterocycles. The van der Waals surface area contributed by atoms with Gasteiger partial charge in [0.05, 0.1) is 28.2 Å². The molecule has 7 nitrogen and oxygen atoms in total. The number of anilines is 1. The molecular weight excluding hydrogens is 394 g/mol. The van der Waals surface area contributed by atoms with E-state index in [0.29, 0.717) is 5.69 Å². The Balaban J connectivity index is 1.65. The van der Waals surface area contributed by atoms with Crippen LogP contribution in [0.15, 0.2) is 70.8 Å². The predicted molar refractivity (Wildman–Crippen MR) is 112 cm³/mol. The molecule has 0 aliphatic rings. The molecule has 0 unspecified atom stereocenters. The van der Waals surface area contributed by atoms with E-state index in [-0.39, 0.29) is 4.90 Å². The summed E-state index contributed by atoms with van der Waals surface area (Å²) in [5, 5.41) is 9.42. The topological polar surface area (TPSA) is 102 Å². The quantitative estimate of drug-likeness (QED) is 0.388. The number of rotatable bonds is 5. The Hall–Kier alpha value is -3.01. The van der Waals surface area contributed by atoms with E-state index in [1.165, 1.54) is 12.1 Å². The van der Waals surface area contributed by atoms with Gasteiger partial charge < -0.3 is 0 Å². The van der Waals surface area contributed by atoms with Crippen molar-refractivity contribution in [1.29, 1.82) is 0 Å². The second kappa shape index (κ2) is 7.19. The largest absolute Gasteiger partial charge is 0.288 e. The van der Waals surface area contributed by atoms with Gasteiger partial charge in [-0.2, -0.15) is 5.10 Å². The molecule has 0 aliphatic heterocycles. The summed E-state index contributed by atoms with van der Waals surface area (Å²) in [6.45, 7) is 2.04. The Labute approximate surface area is 166 Å². The number of hydrogen-bond acceptors (Lipinski definition) is 6. The van der Waals surface area contributed by atoms with Crippen LogP contribution in [0.1, 0.15) is 10.6 Å². The maximum Gasteiger partial charge on any atom is 0.238 e. The number of nitrogens with two attached hydrogens (primary N) is 1. The lowest BCUT2D eigenvalue weighted by Crippen LogP contribution is -2.11. The summed E-state index contributed by atoms with van der Waals surface area (Å²) in [7, 11) is -3.71. The van der Waals surface area contributed by atoms with Crippen molar-refractivity contribution in [2.45, 2.75) is 11.8 Å². The highest BCUT2D eigenvalue weighted by Crippen LogP contribution is 2.27. The Kier molecular flexibility index (Phi) is 4.71. The summed E-state index contributed by atoms with van der Waals surface area (Å²) in [4.78, 5) is 6.86. The molecule has 2 aromatic carbocycles. The number of thiazole rings is 1. The molecule has 0 bridgehead atoms. The zero-order chi connectivity index (χ0) is 19.7. The second-order valence-corrected chi connectivity index (χ2v) is 8.92. The lowest BCUT2D eigenvalue weighted by molar-refractivity contribution is 0.598. The van der Waals surface area contributed by atoms with Gasteiger partial charge in [0, 0.05) is 16.6 Å². The van der Waals surface area contributed by atoms with Crippen LogP contribution in [0.3, 0.4) is 0 Å². The number of hydrazone groups is 1. The van der Waals surface area contributed by atoms with Gasteiger partial charge in [0.25, 0.3) is 0 Å². The molecule has 9 heteroatoms. The summed E-state index contributed by atoms with van der Waals surface area (Å²) >= 11 is 1.62. The number of imidazole rings is 1. The number of nitrogens with one attached hydrogen (secondary N) is 1. The molecule has 0 saturated carbocycles. The third-order valence-electron chi connectivity index (χ3n) is 4.09. The third-order valence-corrected chi connectivity index (χ3v) is 5.92. The SMILES string of the molecule is Cc1cn2c(/C=N/Nc3ccc(S(N)(=O)=O)cc3)c(-c3ccccc3)nc2s1. The smallest absolute Gasteiger partial charge is 0.238 e. The van der Waals surface area contributed by atoms with Gasteiger partial charge in [-0.15, -0.1) is 11.3 Å². The number of hydrogen-bond donors (Lipinski definition) is 2. The van der Waals surface area contributed by atoms with Gasteiger partial charge in [-0.05, 0) is 31.2 Å². The summed E-state index contributed by atoms with van der Waals surface area (Å²) in [6.07, 6.45) is 3.74. The van der Waals surface area contributed by atoms with Crippen molar-refractivity contribution in [3.05, 3.63) is 71.4 Å². The van der Waals surface area contributed by atoms with Gasteiger partial charge in [-0.1, -0.05) is 30.3 Å². The maximum atomic E-state index is 11.3. The minimum absolute atomic E-state index is 0.0552. The molecule has 0 amide bonds. The molecule has 0 saturated heterocycles. The zero-order valence-electron chi connectivity index (χ0n) is 14.9. The standard InChI is InChI=1S/C19H17N5O2S2/c1-13-12-24-17(18(22-19(24)27-13)14-5-3-2-4-6-14)11-21-23-15-7-9-16(10-8-15)28(20,25)26/h2-12,23H,1H3,(H2,20,25,26)/b21-11+. The van der Waals surface area contributed by atoms with Crippen molar-refractivity contribution in [1.82, 2.24) is 9.38 Å². The Morgan fingerprint density at radius 2 is 1.86 bits per heavy atom. The summed E-state index contributed by atoms with van der Waals surface area (Å²) < 4.78 is 24.7. The number of aromatic nitrogens is 2. The molecule has 0 fully saturated rings. The molecule has 28 heavy (non-hydrogen) atoms. The molecule has 142 valence electrons. The molecule has 2 heterocycles. The monoisotopic (exact) mass is 411 g/mol. The average Bonchev–Trinajstić information content (AvgIpc) is 3.19. The van der Waals surface area contributed by atoms with E-state index in [9.17, 15) is 8.42 Å². The van der Waals surface area contributed by atoms with Gasteiger partial charge in [-0.3, -0.25) is 9.83 Å². The van der Waals surface area contributed by atoms with E-state index >= 15 is 0 Å². The number of nitrogens with zero attached hydrogens (tertiary/aromatic N) is 3. The molecular formula is C19H17N5O2S2. The highest BCUT2D eigenvalue weighted by atomic mass is 32.2. The van der Waals surface area contributed by atoms with E-state index in [0.717, 1.165) is 26.8 Å². The first-order valence-electron chi connectivity index (χ1n) is 8.38. The van der Waals surface area contributed by atoms with Gasteiger partial charge in [-0.25, -0.2) is 18.5 Å². The highest BCUT2D eigenvalue weighted by molar-refractivity contribution is 7.89. The first-order chi connectivity index (χ1) is 13.4. The van der Waals surface area contributed by atoms with Gasteiger partial charge >= 0.3 is 0 Å². The van der Waals surface area contributed by atoms with Crippen LogP contribution in [0.4, 0.5) is 5.69 Å². The predicted octanol–water partition coefficient (Wildman–Crippen LogP) is 3.46. The Bertz CT molecular complexity index is 1260. The normalized spacial score (nSPS) is 12.1. The van der Waals surface area contributed by atoms with Crippen molar-refractivity contribution in [2.75, 3.05) is 5.43 Å². The number of benzene rings is 2. The van der Waals surface area contributed by atoms with Crippen LogP contribution in [0.5, 0.6) is 0 Å². The molecule has 0 atom stereocenters. The fourth-order valence-electron chi connectivity index (χ4n) is 2.79. The molecule has 4 aromatic rings. The summed E-state index contributed by atoms with van der Waals surface area (Å²) in [6, 6.07) is 16.0. The molecule has 0 aliphatic carbocycles. The van der Waals surface area contributed by atoms with E-state index in [2.05, 4.69) is 10.5 Å². The summed E-state index contributed by atoms with van der Waals surface area (Å²) in [5.74, 6) is 0. The minimum atomic E-state index is -3.71. The third kappa shape index (κ3) is 3.68. The van der Waals surface area contributed by atoms with Crippen molar-refractivity contribution in [2.24, 2.45) is 10.2 Å². The zero-order valence-corrected chi connectivity index (χ0v) is 16.5. The van der Waals surface area contributed by atoms with Crippen LogP contribution in [-0.4, -0.2) is 24.0 Å². The molecule has 0 radical (unpaired) electrons. The van der Waals surface area contributed by atoms with Crippen LogP contribution in [0.2, 0.25) is 0 Å². The lowest BCUT2D eigenvalue weighted by atomic mass is 10.1. The van der Waals surface area contributed by atoms with Gasteiger partial charge in [0.2, 0.25) is 10.0 Å².